The van der Waals surface area contributed by atoms with E-state index in [0.717, 1.165) is 23.8 Å². The van der Waals surface area contributed by atoms with Crippen LogP contribution in [0.15, 0.2) is 24.3 Å². The largest absolute Gasteiger partial charge is 0.494 e. The molecule has 1 aliphatic carbocycles. The van der Waals surface area contributed by atoms with Gasteiger partial charge < -0.3 is 4.74 Å². The van der Waals surface area contributed by atoms with Gasteiger partial charge in [0.1, 0.15) is 5.75 Å². The Kier molecular flexibility index (Phi) is 4.13. The highest BCUT2D eigenvalue weighted by Gasteiger charge is 2.20. The quantitative estimate of drug-likeness (QED) is 0.573. The molecule has 0 amide bonds. The van der Waals surface area contributed by atoms with Gasteiger partial charge in [-0.15, -0.1) is 11.6 Å². The van der Waals surface area contributed by atoms with E-state index in [-0.39, 0.29) is 0 Å². The lowest BCUT2D eigenvalue weighted by Gasteiger charge is -2.05. The minimum Gasteiger partial charge on any atom is -0.494 e. The molecule has 84 valence electrons. The molecule has 0 saturated heterocycles. The summed E-state index contributed by atoms with van der Waals surface area (Å²) in [5.41, 5.74) is 0.963. The Hall–Kier alpha value is -1.13. The SMILES string of the molecule is ClCC#Cc1cccc(OCCC2CC2)c1. The van der Waals surface area contributed by atoms with Crippen molar-refractivity contribution in [1.29, 1.82) is 0 Å². The maximum atomic E-state index is 5.68. The minimum atomic E-state index is 0.368. The molecule has 0 atom stereocenters. The van der Waals surface area contributed by atoms with E-state index in [4.69, 9.17) is 16.3 Å². The summed E-state index contributed by atoms with van der Waals surface area (Å²) in [4.78, 5) is 0. The van der Waals surface area contributed by atoms with Crippen LogP contribution in [0.4, 0.5) is 0 Å². The third kappa shape index (κ3) is 3.79. The van der Waals surface area contributed by atoms with Gasteiger partial charge >= 0.3 is 0 Å². The van der Waals surface area contributed by atoms with Gasteiger partial charge in [0.25, 0.3) is 0 Å². The number of hydrogen-bond donors (Lipinski definition) is 0. The van der Waals surface area contributed by atoms with Crippen molar-refractivity contribution in [3.05, 3.63) is 29.8 Å². The van der Waals surface area contributed by atoms with Gasteiger partial charge in [-0.05, 0) is 30.5 Å². The summed E-state index contributed by atoms with van der Waals surface area (Å²) in [6.07, 6.45) is 3.94. The van der Waals surface area contributed by atoms with Crippen LogP contribution >= 0.6 is 11.6 Å². The summed E-state index contributed by atoms with van der Waals surface area (Å²) >= 11 is 5.51. The summed E-state index contributed by atoms with van der Waals surface area (Å²) in [5.74, 6) is 8.01. The molecule has 2 rings (SSSR count). The number of alkyl halides is 1. The first kappa shape index (κ1) is 11.4. The monoisotopic (exact) mass is 234 g/mol. The number of halogens is 1. The van der Waals surface area contributed by atoms with Crippen molar-refractivity contribution in [1.82, 2.24) is 0 Å². The summed E-state index contributed by atoms with van der Waals surface area (Å²) in [5, 5.41) is 0. The van der Waals surface area contributed by atoms with Crippen LogP contribution < -0.4 is 4.74 Å². The second-order valence-corrected chi connectivity index (χ2v) is 4.31. The number of benzene rings is 1. The Morgan fingerprint density at radius 3 is 3.00 bits per heavy atom. The van der Waals surface area contributed by atoms with Gasteiger partial charge in [0, 0.05) is 5.56 Å². The van der Waals surface area contributed by atoms with Crippen LogP contribution in [0, 0.1) is 17.8 Å². The highest BCUT2D eigenvalue weighted by molar-refractivity contribution is 6.19. The van der Waals surface area contributed by atoms with E-state index in [9.17, 15) is 0 Å². The van der Waals surface area contributed by atoms with E-state index < -0.39 is 0 Å². The van der Waals surface area contributed by atoms with Gasteiger partial charge in [-0.3, -0.25) is 0 Å². The topological polar surface area (TPSA) is 9.23 Å². The Morgan fingerprint density at radius 2 is 2.25 bits per heavy atom. The first-order valence-corrected chi connectivity index (χ1v) is 6.19. The molecular weight excluding hydrogens is 220 g/mol. The Balaban J connectivity index is 1.87. The van der Waals surface area contributed by atoms with E-state index in [2.05, 4.69) is 11.8 Å². The molecule has 0 unspecified atom stereocenters. The fourth-order valence-corrected chi connectivity index (χ4v) is 1.62. The highest BCUT2D eigenvalue weighted by Crippen LogP contribution is 2.32. The van der Waals surface area contributed by atoms with Crippen LogP contribution in [0.25, 0.3) is 0 Å². The first-order chi connectivity index (χ1) is 7.88. The Bertz CT molecular complexity index is 399. The minimum absolute atomic E-state index is 0.368. The summed E-state index contributed by atoms with van der Waals surface area (Å²) < 4.78 is 5.68. The van der Waals surface area contributed by atoms with Crippen LogP contribution in [0.1, 0.15) is 24.8 Å². The molecule has 0 radical (unpaired) electrons. The van der Waals surface area contributed by atoms with Crippen LogP contribution in [-0.2, 0) is 0 Å². The van der Waals surface area contributed by atoms with Crippen LogP contribution in [0.5, 0.6) is 5.75 Å². The van der Waals surface area contributed by atoms with Crippen LogP contribution in [-0.4, -0.2) is 12.5 Å². The zero-order chi connectivity index (χ0) is 11.2. The van der Waals surface area contributed by atoms with E-state index in [1.165, 1.54) is 19.3 Å². The van der Waals surface area contributed by atoms with Crippen molar-refractivity contribution in [2.45, 2.75) is 19.3 Å². The predicted octanol–water partition coefficient (Wildman–Crippen LogP) is 3.46. The van der Waals surface area contributed by atoms with Gasteiger partial charge in [0.2, 0.25) is 0 Å². The van der Waals surface area contributed by atoms with Crippen molar-refractivity contribution in [2.75, 3.05) is 12.5 Å². The van der Waals surface area contributed by atoms with E-state index in [1.807, 2.05) is 24.3 Å². The van der Waals surface area contributed by atoms with E-state index >= 15 is 0 Å². The second kappa shape index (κ2) is 5.82. The fraction of sp³-hybridized carbons (Fsp3) is 0.429. The summed E-state index contributed by atoms with van der Waals surface area (Å²) in [6, 6.07) is 7.86. The Morgan fingerprint density at radius 1 is 1.38 bits per heavy atom. The second-order valence-electron chi connectivity index (χ2n) is 4.04. The van der Waals surface area contributed by atoms with Crippen molar-refractivity contribution in [2.24, 2.45) is 5.92 Å². The molecule has 0 heterocycles. The fourth-order valence-electron chi connectivity index (χ4n) is 1.55. The molecule has 1 aromatic rings. The van der Waals surface area contributed by atoms with Gasteiger partial charge in [0.05, 0.1) is 12.5 Å². The van der Waals surface area contributed by atoms with Crippen molar-refractivity contribution in [3.8, 4) is 17.6 Å². The molecule has 1 aliphatic rings. The Labute approximate surface area is 102 Å². The standard InChI is InChI=1S/C14H15ClO/c15-9-2-4-13-3-1-5-14(11-13)16-10-8-12-6-7-12/h1,3,5,11-12H,6-10H2. The average Bonchev–Trinajstić information content (AvgIpc) is 3.11. The van der Waals surface area contributed by atoms with Crippen molar-refractivity contribution >= 4 is 11.6 Å². The maximum absolute atomic E-state index is 5.68. The lowest BCUT2D eigenvalue weighted by atomic mass is 10.2. The summed E-state index contributed by atoms with van der Waals surface area (Å²) in [6.45, 7) is 0.817. The molecular formula is C14H15ClO. The number of ether oxygens (including phenoxy) is 1. The molecule has 2 heteroatoms. The molecule has 0 aliphatic heterocycles. The highest BCUT2D eigenvalue weighted by atomic mass is 35.5. The molecule has 1 fully saturated rings. The molecule has 16 heavy (non-hydrogen) atoms. The molecule has 0 bridgehead atoms. The van der Waals surface area contributed by atoms with E-state index in [1.54, 1.807) is 0 Å². The zero-order valence-electron chi connectivity index (χ0n) is 9.21. The third-order valence-electron chi connectivity index (χ3n) is 2.63. The van der Waals surface area contributed by atoms with Gasteiger partial charge in [-0.2, -0.15) is 0 Å². The number of rotatable bonds is 4. The van der Waals surface area contributed by atoms with E-state index in [0.29, 0.717) is 5.88 Å². The van der Waals surface area contributed by atoms with Crippen molar-refractivity contribution < 1.29 is 4.74 Å². The smallest absolute Gasteiger partial charge is 0.120 e. The van der Waals surface area contributed by atoms with Crippen LogP contribution in [0.3, 0.4) is 0 Å². The average molecular weight is 235 g/mol. The predicted molar refractivity (Wildman–Crippen MR) is 66.9 cm³/mol. The van der Waals surface area contributed by atoms with Gasteiger partial charge in [-0.1, -0.05) is 30.7 Å². The first-order valence-electron chi connectivity index (χ1n) is 5.66. The third-order valence-corrected chi connectivity index (χ3v) is 2.76. The molecule has 1 aromatic carbocycles. The van der Waals surface area contributed by atoms with Gasteiger partial charge in [-0.25, -0.2) is 0 Å². The van der Waals surface area contributed by atoms with Gasteiger partial charge in [0.15, 0.2) is 0 Å². The molecule has 0 aromatic heterocycles. The number of hydrogen-bond acceptors (Lipinski definition) is 1. The maximum Gasteiger partial charge on any atom is 0.120 e. The molecule has 1 saturated carbocycles. The van der Waals surface area contributed by atoms with Crippen molar-refractivity contribution in [3.63, 3.8) is 0 Å². The summed E-state index contributed by atoms with van der Waals surface area (Å²) in [7, 11) is 0. The lowest BCUT2D eigenvalue weighted by molar-refractivity contribution is 0.302. The molecule has 0 N–H and O–H groups in total. The lowest BCUT2D eigenvalue weighted by Crippen LogP contribution is -1.98. The normalized spacial score (nSPS) is 14.1. The van der Waals surface area contributed by atoms with Crippen LogP contribution in [0.2, 0.25) is 0 Å². The zero-order valence-corrected chi connectivity index (χ0v) is 9.96. The molecule has 0 spiro atoms. The molecule has 1 nitrogen and oxygen atoms in total.